The summed E-state index contributed by atoms with van der Waals surface area (Å²) >= 11 is 5.80. The lowest BCUT2D eigenvalue weighted by Crippen LogP contribution is -2.40. The van der Waals surface area contributed by atoms with Gasteiger partial charge in [-0.1, -0.05) is 39.3 Å². The maximum absolute atomic E-state index is 13.1. The predicted octanol–water partition coefficient (Wildman–Crippen LogP) is 3.24. The number of rotatable bonds is 10. The highest BCUT2D eigenvalue weighted by Crippen LogP contribution is 2.29. The fraction of sp³-hybridized carbons (Fsp3) is 0.625. The lowest BCUT2D eigenvalue weighted by atomic mass is 10.2. The van der Waals surface area contributed by atoms with E-state index < -0.39 is 20.6 Å². The fourth-order valence-electron chi connectivity index (χ4n) is 2.50. The van der Waals surface area contributed by atoms with Gasteiger partial charge in [0.05, 0.1) is 4.92 Å². The highest BCUT2D eigenvalue weighted by molar-refractivity contribution is 7.89. The van der Waals surface area contributed by atoms with Crippen molar-refractivity contribution >= 4 is 27.3 Å². The van der Waals surface area contributed by atoms with E-state index in [9.17, 15) is 18.5 Å². The van der Waals surface area contributed by atoms with Crippen LogP contribution in [0.1, 0.15) is 27.7 Å². The molecule has 0 amide bonds. The first-order valence-corrected chi connectivity index (χ1v) is 10.1. The van der Waals surface area contributed by atoms with E-state index in [1.165, 1.54) is 16.4 Å². The van der Waals surface area contributed by atoms with Gasteiger partial charge >= 0.3 is 0 Å². The molecule has 0 aliphatic carbocycles. The highest BCUT2D eigenvalue weighted by atomic mass is 35.5. The maximum Gasteiger partial charge on any atom is 0.290 e. The van der Waals surface area contributed by atoms with Crippen molar-refractivity contribution in [1.82, 2.24) is 9.21 Å². The molecule has 0 fully saturated rings. The van der Waals surface area contributed by atoms with Gasteiger partial charge in [0.2, 0.25) is 10.0 Å². The van der Waals surface area contributed by atoms with E-state index in [4.69, 9.17) is 11.6 Å². The number of nitrogens with zero attached hydrogens (tertiary/aromatic N) is 3. The molecule has 1 aromatic rings. The zero-order chi connectivity index (χ0) is 19.2. The van der Waals surface area contributed by atoms with Crippen LogP contribution in [0.15, 0.2) is 23.1 Å². The number of halogens is 1. The third-order valence-electron chi connectivity index (χ3n) is 3.86. The molecule has 0 aliphatic rings. The van der Waals surface area contributed by atoms with Crippen molar-refractivity contribution in [3.63, 3.8) is 0 Å². The number of nitro benzene ring substituents is 1. The summed E-state index contributed by atoms with van der Waals surface area (Å²) in [6.45, 7) is 10.6. The van der Waals surface area contributed by atoms with Gasteiger partial charge in [0.1, 0.15) is 0 Å². The van der Waals surface area contributed by atoms with Crippen molar-refractivity contribution in [2.75, 3.05) is 32.7 Å². The van der Waals surface area contributed by atoms with E-state index in [2.05, 4.69) is 4.90 Å². The highest BCUT2D eigenvalue weighted by Gasteiger charge is 2.32. The summed E-state index contributed by atoms with van der Waals surface area (Å²) in [5.74, 6) is 0.0952. The zero-order valence-electron chi connectivity index (χ0n) is 15.1. The first-order chi connectivity index (χ1) is 11.6. The molecule has 0 bridgehead atoms. The molecule has 1 aromatic carbocycles. The minimum atomic E-state index is -3.99. The molecular formula is C16H26ClN3O4S. The lowest BCUT2D eigenvalue weighted by molar-refractivity contribution is -0.387. The van der Waals surface area contributed by atoms with E-state index in [1.807, 2.05) is 27.7 Å². The Balaban J connectivity index is 3.25. The number of likely N-dealkylation sites (N-methyl/N-ethyl adjacent to an activating group) is 1. The molecule has 0 aliphatic heterocycles. The van der Waals surface area contributed by atoms with Crippen LogP contribution in [-0.2, 0) is 10.0 Å². The molecule has 0 atom stereocenters. The summed E-state index contributed by atoms with van der Waals surface area (Å²) in [6.07, 6.45) is 0. The van der Waals surface area contributed by atoms with Gasteiger partial charge in [0.25, 0.3) is 5.69 Å². The lowest BCUT2D eigenvalue weighted by Gasteiger charge is -2.27. The first-order valence-electron chi connectivity index (χ1n) is 8.29. The molecule has 0 saturated heterocycles. The van der Waals surface area contributed by atoms with Gasteiger partial charge in [-0.3, -0.25) is 10.1 Å². The number of nitro groups is 1. The number of sulfonamides is 1. The van der Waals surface area contributed by atoms with Gasteiger partial charge in [-0.15, -0.1) is 0 Å². The molecule has 0 N–H and O–H groups in total. The normalized spacial score (nSPS) is 12.3. The zero-order valence-corrected chi connectivity index (χ0v) is 16.7. The largest absolute Gasteiger partial charge is 0.303 e. The Morgan fingerprint density at radius 1 is 1.20 bits per heavy atom. The van der Waals surface area contributed by atoms with Crippen molar-refractivity contribution in [3.05, 3.63) is 33.3 Å². The van der Waals surface area contributed by atoms with Gasteiger partial charge in [0.15, 0.2) is 4.90 Å². The molecule has 0 spiro atoms. The third kappa shape index (κ3) is 5.91. The molecule has 0 saturated carbocycles. The van der Waals surface area contributed by atoms with Crippen LogP contribution >= 0.6 is 11.6 Å². The Morgan fingerprint density at radius 2 is 1.80 bits per heavy atom. The summed E-state index contributed by atoms with van der Waals surface area (Å²) in [7, 11) is -3.99. The minimum Gasteiger partial charge on any atom is -0.303 e. The second-order valence-corrected chi connectivity index (χ2v) is 8.50. The summed E-state index contributed by atoms with van der Waals surface area (Å²) in [4.78, 5) is 12.4. The van der Waals surface area contributed by atoms with Gasteiger partial charge in [-0.25, -0.2) is 8.42 Å². The Kier molecular flexibility index (Phi) is 8.27. The number of benzene rings is 1. The molecule has 0 heterocycles. The summed E-state index contributed by atoms with van der Waals surface area (Å²) in [5.41, 5.74) is -0.496. The summed E-state index contributed by atoms with van der Waals surface area (Å²) in [5, 5.41) is 11.4. The topological polar surface area (TPSA) is 83.8 Å². The van der Waals surface area contributed by atoms with Crippen LogP contribution in [0.25, 0.3) is 0 Å². The molecule has 0 unspecified atom stereocenters. The van der Waals surface area contributed by atoms with Crippen LogP contribution in [0.5, 0.6) is 0 Å². The average molecular weight is 392 g/mol. The second kappa shape index (κ2) is 9.47. The fourth-order valence-corrected chi connectivity index (χ4v) is 4.40. The summed E-state index contributed by atoms with van der Waals surface area (Å²) < 4.78 is 27.4. The quantitative estimate of drug-likeness (QED) is 0.451. The Morgan fingerprint density at radius 3 is 2.28 bits per heavy atom. The second-order valence-electron chi connectivity index (χ2n) is 6.15. The Bertz CT molecular complexity index is 691. The molecular weight excluding hydrogens is 366 g/mol. The van der Waals surface area contributed by atoms with E-state index in [0.717, 1.165) is 19.2 Å². The molecule has 142 valence electrons. The van der Waals surface area contributed by atoms with Gasteiger partial charge < -0.3 is 4.90 Å². The van der Waals surface area contributed by atoms with E-state index in [0.29, 0.717) is 13.1 Å². The van der Waals surface area contributed by atoms with Gasteiger partial charge in [-0.2, -0.15) is 4.31 Å². The molecule has 7 nitrogen and oxygen atoms in total. The van der Waals surface area contributed by atoms with Crippen molar-refractivity contribution < 1.29 is 13.3 Å². The van der Waals surface area contributed by atoms with E-state index >= 15 is 0 Å². The smallest absolute Gasteiger partial charge is 0.290 e. The van der Waals surface area contributed by atoms with Gasteiger partial charge in [0, 0.05) is 30.7 Å². The minimum absolute atomic E-state index is 0.0952. The average Bonchev–Trinajstić information content (AvgIpc) is 2.53. The van der Waals surface area contributed by atoms with Gasteiger partial charge in [-0.05, 0) is 31.1 Å². The van der Waals surface area contributed by atoms with Crippen molar-refractivity contribution in [1.29, 1.82) is 0 Å². The number of hydrogen-bond acceptors (Lipinski definition) is 5. The molecule has 1 rings (SSSR count). The summed E-state index contributed by atoms with van der Waals surface area (Å²) in [6, 6.07) is 3.65. The number of hydrogen-bond donors (Lipinski definition) is 0. The van der Waals surface area contributed by atoms with Crippen LogP contribution < -0.4 is 0 Å². The van der Waals surface area contributed by atoms with Crippen molar-refractivity contribution in [2.24, 2.45) is 5.92 Å². The van der Waals surface area contributed by atoms with Crippen molar-refractivity contribution in [3.8, 4) is 0 Å². The molecule has 0 aromatic heterocycles. The Labute approximate surface area is 154 Å². The molecule has 9 heteroatoms. The van der Waals surface area contributed by atoms with Crippen LogP contribution in [-0.4, -0.2) is 55.3 Å². The standard InChI is InChI=1S/C16H26ClN3O4S/c1-5-18(6-2)9-10-19(12-13(3)4)25(23,24)16-8-7-14(17)11-15(16)20(21)22/h7-8,11,13H,5-6,9-10,12H2,1-4H3. The van der Waals surface area contributed by atoms with Crippen LogP contribution in [0, 0.1) is 16.0 Å². The molecule has 25 heavy (non-hydrogen) atoms. The van der Waals surface area contributed by atoms with Crippen molar-refractivity contribution in [2.45, 2.75) is 32.6 Å². The van der Waals surface area contributed by atoms with E-state index in [-0.39, 0.29) is 22.4 Å². The predicted molar refractivity (Wildman–Crippen MR) is 99.5 cm³/mol. The van der Waals surface area contributed by atoms with E-state index in [1.54, 1.807) is 0 Å². The van der Waals surface area contributed by atoms with Crippen LogP contribution in [0.2, 0.25) is 5.02 Å². The monoisotopic (exact) mass is 391 g/mol. The Hall–Kier alpha value is -1.22. The maximum atomic E-state index is 13.1. The SMILES string of the molecule is CCN(CC)CCN(CC(C)C)S(=O)(=O)c1ccc(Cl)cc1[N+](=O)[O-]. The molecule has 0 radical (unpaired) electrons. The third-order valence-corrected chi connectivity index (χ3v) is 6.01. The first kappa shape index (κ1) is 21.8. The van der Waals surface area contributed by atoms with Crippen LogP contribution in [0.3, 0.4) is 0 Å². The van der Waals surface area contributed by atoms with Crippen LogP contribution in [0.4, 0.5) is 5.69 Å².